The van der Waals surface area contributed by atoms with Gasteiger partial charge < -0.3 is 21.2 Å². The van der Waals surface area contributed by atoms with Gasteiger partial charge in [0, 0.05) is 0 Å². The molecule has 0 spiro atoms. The van der Waals surface area contributed by atoms with Crippen molar-refractivity contribution in [1.82, 2.24) is 0 Å². The molecule has 0 aromatic heterocycles. The van der Waals surface area contributed by atoms with Crippen LogP contribution in [-0.4, -0.2) is 41.6 Å². The van der Waals surface area contributed by atoms with Gasteiger partial charge in [0.1, 0.15) is 0 Å². The van der Waals surface area contributed by atoms with Crippen LogP contribution in [0.25, 0.3) is 15.3 Å². The first-order valence-corrected chi connectivity index (χ1v) is 16.6. The van der Waals surface area contributed by atoms with Crippen LogP contribution in [0.15, 0.2) is 0 Å². The topological polar surface area (TPSA) is 42.3 Å². The fourth-order valence-electron chi connectivity index (χ4n) is 5.90. The number of nitrogens with zero attached hydrogens (tertiary/aromatic N) is 3. The summed E-state index contributed by atoms with van der Waals surface area (Å²) in [6, 6.07) is 0. The number of rotatable bonds is 4. The molecule has 4 unspecified atom stereocenters. The van der Waals surface area contributed by atoms with Crippen molar-refractivity contribution in [2.45, 2.75) is 111 Å². The predicted molar refractivity (Wildman–Crippen MR) is 131 cm³/mol. The molecule has 0 N–H and O–H groups in total. The van der Waals surface area contributed by atoms with Gasteiger partial charge in [-0.15, -0.1) is 11.1 Å². The Morgan fingerprint density at radius 1 is 0.679 bits per heavy atom. The first kappa shape index (κ1) is 31.4. The van der Waals surface area contributed by atoms with Gasteiger partial charge in [0.15, 0.2) is 0 Å². The molecule has 0 heterocycles. The molecule has 0 bridgehead atoms. The summed E-state index contributed by atoms with van der Waals surface area (Å²) in [7, 11) is 0.131. The van der Waals surface area contributed by atoms with Gasteiger partial charge in [0.25, 0.3) is 0 Å². The van der Waals surface area contributed by atoms with Gasteiger partial charge in [-0.2, -0.15) is 32.1 Å². The van der Waals surface area contributed by atoms with Crippen molar-refractivity contribution in [3.05, 3.63) is 21.2 Å². The maximum Gasteiger partial charge on any atom is 4.00 e. The predicted octanol–water partition coefficient (Wildman–Crippen LogP) is 7.98. The van der Waals surface area contributed by atoms with E-state index in [-0.39, 0.29) is 37.3 Å². The zero-order chi connectivity index (χ0) is 22.0. The van der Waals surface area contributed by atoms with E-state index in [1.165, 1.54) is 0 Å². The van der Waals surface area contributed by atoms with Crippen molar-refractivity contribution in [3.63, 3.8) is 0 Å². The van der Waals surface area contributed by atoms with Gasteiger partial charge in [-0.05, 0) is 0 Å². The van der Waals surface area contributed by atoms with Crippen LogP contribution in [-0.2, 0) is 26.2 Å². The van der Waals surface area contributed by atoms with E-state index in [4.69, 9.17) is 9.96 Å². The van der Waals surface area contributed by atoms with E-state index in [9.17, 15) is 0 Å². The molecule has 0 radical (unpaired) electrons. The van der Waals surface area contributed by atoms with E-state index in [2.05, 4.69) is 93.8 Å². The second-order valence-electron chi connectivity index (χ2n) is 11.7. The maximum atomic E-state index is 5.35. The molecule has 1 rings (SSSR count). The summed E-state index contributed by atoms with van der Waals surface area (Å²) in [5, 5.41) is 3.50. The molecule has 28 heavy (non-hydrogen) atoms. The largest absolute Gasteiger partial charge is 4.00 e. The van der Waals surface area contributed by atoms with Crippen LogP contribution in [0.4, 0.5) is 0 Å². The van der Waals surface area contributed by atoms with Crippen molar-refractivity contribution < 1.29 is 26.2 Å². The van der Waals surface area contributed by atoms with Crippen LogP contribution in [0.2, 0.25) is 37.3 Å². The van der Waals surface area contributed by atoms with Crippen molar-refractivity contribution >= 4 is 16.5 Å². The fraction of sp³-hybridized carbons (Fsp3) is 0.955. The Labute approximate surface area is 199 Å². The molecule has 1 aliphatic carbocycles. The molecule has 4 atom stereocenters. The third-order valence-electron chi connectivity index (χ3n) is 5.63. The van der Waals surface area contributed by atoms with Gasteiger partial charge in [0.05, 0.1) is 0 Å². The molecule has 0 aromatic carbocycles. The zero-order valence-electron chi connectivity index (χ0n) is 21.7. The molecule has 0 saturated heterocycles. The van der Waals surface area contributed by atoms with Crippen molar-refractivity contribution in [2.24, 2.45) is 11.8 Å². The number of hydrogen-bond donors (Lipinski definition) is 0. The van der Waals surface area contributed by atoms with Crippen LogP contribution in [0.5, 0.6) is 0 Å². The molecular formula is C22H49N3Si2Zr. The van der Waals surface area contributed by atoms with Gasteiger partial charge in [-0.1, -0.05) is 110 Å². The van der Waals surface area contributed by atoms with Crippen LogP contribution >= 0.6 is 0 Å². The minimum Gasteiger partial charge on any atom is -0.668 e. The number of hydrogen-bond acceptors (Lipinski definition) is 0. The molecule has 1 fully saturated rings. The van der Waals surface area contributed by atoms with E-state index in [0.29, 0.717) is 11.1 Å². The molecule has 0 aliphatic heterocycles. The Bertz CT molecular complexity index is 416. The Balaban J connectivity index is 0. The van der Waals surface area contributed by atoms with Crippen molar-refractivity contribution in [3.8, 4) is 0 Å². The van der Waals surface area contributed by atoms with Gasteiger partial charge >= 0.3 is 26.2 Å². The van der Waals surface area contributed by atoms with Gasteiger partial charge in [-0.25, -0.2) is 0 Å². The Morgan fingerprint density at radius 3 is 1.07 bits per heavy atom. The summed E-state index contributed by atoms with van der Waals surface area (Å²) < 4.78 is 0. The van der Waals surface area contributed by atoms with Crippen LogP contribution in [0.1, 0.15) is 62.3 Å². The summed E-state index contributed by atoms with van der Waals surface area (Å²) in [4.78, 5) is 10.7. The third kappa shape index (κ3) is 9.14. The molecule has 1 aliphatic rings. The minimum absolute atomic E-state index is 0. The standard InChI is InChI=1S/C20H43N2Si2.C2H6N.Zr/c1-14-15(2)18(24(12,13)22-20(7,8)9)16(3)17(14)23(10,11)21-19(4,5)6;1-3-2;/h14-15,17-18H,1-13H3;1-2H3;/q-3;-1;+4. The average Bonchev–Trinajstić information content (AvgIpc) is 2.55. The van der Waals surface area contributed by atoms with Gasteiger partial charge in [-0.3, -0.25) is 0 Å². The van der Waals surface area contributed by atoms with Crippen LogP contribution in [0.3, 0.4) is 0 Å². The van der Waals surface area contributed by atoms with Crippen molar-refractivity contribution in [2.75, 3.05) is 14.1 Å². The van der Waals surface area contributed by atoms with E-state index >= 15 is 0 Å². The second kappa shape index (κ2) is 11.2. The first-order chi connectivity index (χ1) is 11.8. The summed E-state index contributed by atoms with van der Waals surface area (Å²) in [5.74, 6) is 3.18. The first-order valence-electron chi connectivity index (χ1n) is 10.6. The second-order valence-corrected chi connectivity index (χ2v) is 20.0. The quantitative estimate of drug-likeness (QED) is 0.276. The van der Waals surface area contributed by atoms with E-state index in [1.54, 1.807) is 20.0 Å². The average molecular weight is 503 g/mol. The smallest absolute Gasteiger partial charge is 0.668 e. The van der Waals surface area contributed by atoms with E-state index in [1.807, 2.05) is 0 Å². The Hall–Kier alpha value is 1.20. The summed E-state index contributed by atoms with van der Waals surface area (Å²) >= 11 is 0. The molecule has 0 amide bonds. The Morgan fingerprint density at radius 2 is 0.893 bits per heavy atom. The maximum absolute atomic E-state index is 5.35. The Kier molecular flexibility index (Phi) is 12.5. The minimum atomic E-state index is -1.68. The monoisotopic (exact) mass is 501 g/mol. The summed E-state index contributed by atoms with van der Waals surface area (Å²) in [6.45, 7) is 30.8. The third-order valence-corrected chi connectivity index (χ3v) is 13.1. The van der Waals surface area contributed by atoms with Crippen LogP contribution < -0.4 is 0 Å². The van der Waals surface area contributed by atoms with E-state index in [0.717, 1.165) is 11.8 Å². The molecule has 0 aromatic rings. The van der Waals surface area contributed by atoms with E-state index < -0.39 is 16.5 Å². The molecular weight excluding hydrogens is 454 g/mol. The molecule has 1 saturated carbocycles. The molecule has 6 heteroatoms. The zero-order valence-corrected chi connectivity index (χ0v) is 26.1. The molecule has 164 valence electrons. The van der Waals surface area contributed by atoms with Crippen molar-refractivity contribution in [1.29, 1.82) is 0 Å². The fourth-order valence-corrected chi connectivity index (χ4v) is 15.6. The summed E-state index contributed by atoms with van der Waals surface area (Å²) in [5.41, 5.74) is 1.52. The normalized spacial score (nSPS) is 27.1. The van der Waals surface area contributed by atoms with Gasteiger partial charge in [0.2, 0.25) is 0 Å². The molecule has 3 nitrogen and oxygen atoms in total. The van der Waals surface area contributed by atoms with Crippen LogP contribution in [0, 0.1) is 17.8 Å². The SMILES string of the molecule is C[C-]1C([Si](C)(C)[N-]C(C)(C)C)C(C)C(C)C1[Si](C)(C)[N-]C(C)(C)C.C[N-]C.[Zr+4]. The summed E-state index contributed by atoms with van der Waals surface area (Å²) in [6.07, 6.45) is 0.